The summed E-state index contributed by atoms with van der Waals surface area (Å²) in [6.45, 7) is 4.22. The van der Waals surface area contributed by atoms with Crippen LogP contribution in [0.3, 0.4) is 0 Å². The predicted octanol–water partition coefficient (Wildman–Crippen LogP) is 2.77. The highest BCUT2D eigenvalue weighted by Gasteiger charge is 2.22. The van der Waals surface area contributed by atoms with Gasteiger partial charge in [0.25, 0.3) is 0 Å². The van der Waals surface area contributed by atoms with Crippen LogP contribution in [0.4, 0.5) is 5.69 Å². The number of carbonyl (C=O) groups excluding carboxylic acids is 1. The van der Waals surface area contributed by atoms with Gasteiger partial charge >= 0.3 is 0 Å². The quantitative estimate of drug-likeness (QED) is 0.350. The molecular formula is C23H30IN5O2. The molecule has 1 amide bonds. The predicted molar refractivity (Wildman–Crippen MR) is 134 cm³/mol. The average Bonchev–Trinajstić information content (AvgIpc) is 2.80. The number of halogens is 1. The van der Waals surface area contributed by atoms with Crippen molar-refractivity contribution in [1.29, 1.82) is 0 Å². The maximum Gasteiger partial charge on any atom is 0.224 e. The minimum atomic E-state index is 0. The number of hydrogen-bond acceptors (Lipinski definition) is 4. The number of nitrogens with two attached hydrogens (primary N) is 1. The summed E-state index contributed by atoms with van der Waals surface area (Å²) in [7, 11) is 0. The molecule has 8 heteroatoms. The zero-order valence-electron chi connectivity index (χ0n) is 17.6. The molecule has 0 bridgehead atoms. The number of fused-ring (bicyclic) bond motifs is 1. The molecule has 2 aliphatic heterocycles. The normalized spacial score (nSPS) is 18.5. The summed E-state index contributed by atoms with van der Waals surface area (Å²) in [5.41, 5.74) is 8.38. The number of anilines is 1. The highest BCUT2D eigenvalue weighted by molar-refractivity contribution is 14.0. The van der Waals surface area contributed by atoms with Gasteiger partial charge in [-0.1, -0.05) is 36.4 Å². The summed E-state index contributed by atoms with van der Waals surface area (Å²) in [6.07, 6.45) is 1.20. The average molecular weight is 535 g/mol. The van der Waals surface area contributed by atoms with Gasteiger partial charge in [0.05, 0.1) is 19.2 Å². The monoisotopic (exact) mass is 535 g/mol. The highest BCUT2D eigenvalue weighted by Crippen LogP contribution is 2.31. The number of guanidine groups is 1. The Labute approximate surface area is 200 Å². The van der Waals surface area contributed by atoms with Crippen molar-refractivity contribution < 1.29 is 9.53 Å². The molecule has 0 radical (unpaired) electrons. The number of ether oxygens (including phenoxy) is 1. The minimum Gasteiger partial charge on any atom is -0.493 e. The summed E-state index contributed by atoms with van der Waals surface area (Å²) in [5, 5.41) is 3.27. The molecule has 2 heterocycles. The Bertz CT molecular complexity index is 885. The van der Waals surface area contributed by atoms with E-state index in [2.05, 4.69) is 27.3 Å². The lowest BCUT2D eigenvalue weighted by Gasteiger charge is -2.36. The Kier molecular flexibility index (Phi) is 8.39. The van der Waals surface area contributed by atoms with Crippen LogP contribution >= 0.6 is 24.0 Å². The van der Waals surface area contributed by atoms with Gasteiger partial charge in [-0.25, -0.2) is 0 Å². The Morgan fingerprint density at radius 1 is 1.06 bits per heavy atom. The van der Waals surface area contributed by atoms with Gasteiger partial charge in [-0.2, -0.15) is 0 Å². The van der Waals surface area contributed by atoms with Gasteiger partial charge in [-0.3, -0.25) is 9.79 Å². The van der Waals surface area contributed by atoms with Crippen molar-refractivity contribution in [2.24, 2.45) is 10.7 Å². The molecule has 4 rings (SSSR count). The van der Waals surface area contributed by atoms with E-state index in [-0.39, 0.29) is 35.9 Å². The van der Waals surface area contributed by atoms with E-state index in [4.69, 9.17) is 10.5 Å². The summed E-state index contributed by atoms with van der Waals surface area (Å²) >= 11 is 0. The van der Waals surface area contributed by atoms with Crippen LogP contribution in [-0.2, 0) is 4.79 Å². The molecule has 2 aliphatic rings. The van der Waals surface area contributed by atoms with Crippen LogP contribution in [0.2, 0.25) is 0 Å². The first kappa shape index (κ1) is 23.2. The molecule has 0 spiro atoms. The summed E-state index contributed by atoms with van der Waals surface area (Å²) < 4.78 is 5.68. The molecule has 1 atom stereocenters. The first-order chi connectivity index (χ1) is 14.7. The van der Waals surface area contributed by atoms with Crippen LogP contribution in [0.25, 0.3) is 0 Å². The molecule has 1 saturated heterocycles. The fourth-order valence-corrected chi connectivity index (χ4v) is 4.00. The van der Waals surface area contributed by atoms with Crippen molar-refractivity contribution in [1.82, 2.24) is 10.2 Å². The van der Waals surface area contributed by atoms with Gasteiger partial charge in [0, 0.05) is 50.3 Å². The van der Waals surface area contributed by atoms with Gasteiger partial charge in [0.15, 0.2) is 5.96 Å². The second-order valence-electron chi connectivity index (χ2n) is 7.59. The van der Waals surface area contributed by atoms with Crippen molar-refractivity contribution in [2.75, 3.05) is 44.2 Å². The number of aliphatic imine (C=N–C) groups is 1. The van der Waals surface area contributed by atoms with Crippen LogP contribution in [0.1, 0.15) is 24.4 Å². The summed E-state index contributed by atoms with van der Waals surface area (Å²) in [4.78, 5) is 21.1. The molecule has 7 nitrogen and oxygen atoms in total. The number of para-hydroxylation sites is 2. The number of piperazine rings is 1. The van der Waals surface area contributed by atoms with Crippen LogP contribution < -0.4 is 20.7 Å². The maximum absolute atomic E-state index is 12.5. The van der Waals surface area contributed by atoms with Crippen molar-refractivity contribution in [2.45, 2.75) is 18.9 Å². The van der Waals surface area contributed by atoms with Crippen LogP contribution in [0, 0.1) is 0 Å². The van der Waals surface area contributed by atoms with Crippen LogP contribution in [0.5, 0.6) is 5.75 Å². The first-order valence-electron chi connectivity index (χ1n) is 10.6. The Balaban J connectivity index is 0.00000272. The van der Waals surface area contributed by atoms with Gasteiger partial charge < -0.3 is 25.6 Å². The number of nitrogens with zero attached hydrogens (tertiary/aromatic N) is 3. The molecule has 31 heavy (non-hydrogen) atoms. The largest absolute Gasteiger partial charge is 0.493 e. The molecule has 0 aromatic heterocycles. The number of nitrogens with one attached hydrogen (secondary N) is 1. The zero-order chi connectivity index (χ0) is 20.8. The molecule has 2 aromatic carbocycles. The Morgan fingerprint density at radius 3 is 2.55 bits per heavy atom. The minimum absolute atomic E-state index is 0. The number of benzene rings is 2. The molecule has 0 aliphatic carbocycles. The lowest BCUT2D eigenvalue weighted by Crippen LogP contribution is -2.49. The third kappa shape index (κ3) is 6.03. The molecule has 2 aromatic rings. The number of rotatable bonds is 5. The molecular weight excluding hydrogens is 505 g/mol. The summed E-state index contributed by atoms with van der Waals surface area (Å²) in [6, 6.07) is 18.4. The maximum atomic E-state index is 12.5. The summed E-state index contributed by atoms with van der Waals surface area (Å²) in [5.74, 6) is 1.40. The third-order valence-electron chi connectivity index (χ3n) is 5.64. The molecule has 166 valence electrons. The molecule has 0 saturated carbocycles. The fourth-order valence-electron chi connectivity index (χ4n) is 4.00. The third-order valence-corrected chi connectivity index (χ3v) is 5.64. The van der Waals surface area contributed by atoms with E-state index < -0.39 is 0 Å². The SMILES string of the molecule is I.NC(=NCCC(=O)N1CCN(c2ccccc2)CC1)NC1CCOc2ccccc21. The van der Waals surface area contributed by atoms with Gasteiger partial charge in [0.2, 0.25) is 5.91 Å². The Morgan fingerprint density at radius 2 is 1.77 bits per heavy atom. The number of hydrogen-bond donors (Lipinski definition) is 2. The molecule has 3 N–H and O–H groups in total. The number of carbonyl (C=O) groups is 1. The van der Waals surface area contributed by atoms with Gasteiger partial charge in [0.1, 0.15) is 5.75 Å². The van der Waals surface area contributed by atoms with Gasteiger partial charge in [-0.05, 0) is 18.2 Å². The number of amides is 1. The fraction of sp³-hybridized carbons (Fsp3) is 0.391. The first-order valence-corrected chi connectivity index (χ1v) is 10.6. The standard InChI is InChI=1S/C23H29N5O2.HI/c24-23(26-20-11-17-30-21-9-5-4-8-19(20)21)25-12-10-22(29)28-15-13-27(14-16-28)18-6-2-1-3-7-18;/h1-9,20H,10-17H2,(H3,24,25,26);1H. The van der Waals surface area contributed by atoms with E-state index in [9.17, 15) is 4.79 Å². The highest BCUT2D eigenvalue weighted by atomic mass is 127. The van der Waals surface area contributed by atoms with E-state index in [0.29, 0.717) is 25.5 Å². The van der Waals surface area contributed by atoms with Crippen molar-refractivity contribution >= 4 is 41.5 Å². The zero-order valence-corrected chi connectivity index (χ0v) is 19.9. The van der Waals surface area contributed by atoms with E-state index in [1.165, 1.54) is 5.69 Å². The van der Waals surface area contributed by atoms with Crippen LogP contribution in [-0.4, -0.2) is 56.1 Å². The second-order valence-corrected chi connectivity index (χ2v) is 7.59. The smallest absolute Gasteiger partial charge is 0.224 e. The van der Waals surface area contributed by atoms with E-state index in [1.807, 2.05) is 47.4 Å². The lowest BCUT2D eigenvalue weighted by atomic mass is 10.0. The molecule has 1 unspecified atom stereocenters. The molecule has 1 fully saturated rings. The second kappa shape index (κ2) is 11.2. The van der Waals surface area contributed by atoms with Crippen molar-refractivity contribution in [3.8, 4) is 5.75 Å². The van der Waals surface area contributed by atoms with E-state index >= 15 is 0 Å². The van der Waals surface area contributed by atoms with E-state index in [0.717, 1.165) is 43.9 Å². The van der Waals surface area contributed by atoms with E-state index in [1.54, 1.807) is 0 Å². The Hall–Kier alpha value is -2.49. The van der Waals surface area contributed by atoms with Crippen molar-refractivity contribution in [3.05, 3.63) is 60.2 Å². The van der Waals surface area contributed by atoms with Crippen LogP contribution in [0.15, 0.2) is 59.6 Å². The van der Waals surface area contributed by atoms with Crippen molar-refractivity contribution in [3.63, 3.8) is 0 Å². The van der Waals surface area contributed by atoms with Gasteiger partial charge in [-0.15, -0.1) is 24.0 Å². The lowest BCUT2D eigenvalue weighted by molar-refractivity contribution is -0.131. The topological polar surface area (TPSA) is 83.2 Å².